The van der Waals surface area contributed by atoms with Crippen molar-refractivity contribution in [1.82, 2.24) is 0 Å². The summed E-state index contributed by atoms with van der Waals surface area (Å²) in [5, 5.41) is 8.91. The first kappa shape index (κ1) is 13.7. The van der Waals surface area contributed by atoms with Gasteiger partial charge in [-0.2, -0.15) is 0 Å². The predicted octanol–water partition coefficient (Wildman–Crippen LogP) is 2.30. The lowest BCUT2D eigenvalue weighted by atomic mass is 10.0. The number of carbonyl (C=O) groups is 1. The van der Waals surface area contributed by atoms with Crippen LogP contribution in [0, 0.1) is 0 Å². The van der Waals surface area contributed by atoms with E-state index in [1.165, 1.54) is 6.07 Å². The average Bonchev–Trinajstić information content (AvgIpc) is 2.26. The van der Waals surface area contributed by atoms with E-state index < -0.39 is 5.97 Å². The number of hydrogen-bond acceptors (Lipinski definition) is 4. The number of carboxylic acids is 1. The fraction of sp³-hybridized carbons (Fsp3) is 0.500. The van der Waals surface area contributed by atoms with Crippen molar-refractivity contribution >= 4 is 11.7 Å². The minimum absolute atomic E-state index is 0.0776. The third-order valence-corrected chi connectivity index (χ3v) is 3.21. The van der Waals surface area contributed by atoms with E-state index >= 15 is 0 Å². The van der Waals surface area contributed by atoms with Crippen molar-refractivity contribution in [3.8, 4) is 5.75 Å². The molecule has 1 aliphatic rings. The smallest absolute Gasteiger partial charge is 0.337 e. The minimum atomic E-state index is -1.03. The Hall–Kier alpha value is -1.75. The van der Waals surface area contributed by atoms with E-state index in [4.69, 9.17) is 20.3 Å². The van der Waals surface area contributed by atoms with E-state index in [1.807, 2.05) is 13.8 Å². The van der Waals surface area contributed by atoms with E-state index in [9.17, 15) is 4.79 Å². The number of rotatable bonds is 3. The summed E-state index contributed by atoms with van der Waals surface area (Å²) in [6.45, 7) is 4.04. The number of aromatic carboxylic acids is 1. The Morgan fingerprint density at radius 1 is 1.37 bits per heavy atom. The van der Waals surface area contributed by atoms with Gasteiger partial charge in [0, 0.05) is 24.6 Å². The maximum absolute atomic E-state index is 10.9. The largest absolute Gasteiger partial charge is 0.490 e. The van der Waals surface area contributed by atoms with Gasteiger partial charge in [-0.3, -0.25) is 0 Å². The second-order valence-electron chi connectivity index (χ2n) is 5.02. The summed E-state index contributed by atoms with van der Waals surface area (Å²) in [6, 6.07) is 4.68. The van der Waals surface area contributed by atoms with Crippen LogP contribution in [0.1, 0.15) is 37.0 Å². The van der Waals surface area contributed by atoms with Crippen LogP contribution in [0.3, 0.4) is 0 Å². The molecule has 0 radical (unpaired) electrons. The third kappa shape index (κ3) is 3.38. The molecule has 5 nitrogen and oxygen atoms in total. The summed E-state index contributed by atoms with van der Waals surface area (Å²) >= 11 is 0. The van der Waals surface area contributed by atoms with Crippen LogP contribution in [0.5, 0.6) is 5.75 Å². The van der Waals surface area contributed by atoms with E-state index in [0.717, 1.165) is 12.8 Å². The molecule has 2 rings (SSSR count). The summed E-state index contributed by atoms with van der Waals surface area (Å²) in [7, 11) is 0. The lowest BCUT2D eigenvalue weighted by Gasteiger charge is -2.32. The topological polar surface area (TPSA) is 81.8 Å². The molecule has 2 unspecified atom stereocenters. The van der Waals surface area contributed by atoms with E-state index in [2.05, 4.69) is 0 Å². The summed E-state index contributed by atoms with van der Waals surface area (Å²) in [6.07, 6.45) is 2.07. The summed E-state index contributed by atoms with van der Waals surface area (Å²) in [4.78, 5) is 10.9. The Morgan fingerprint density at radius 2 is 2.00 bits per heavy atom. The fourth-order valence-corrected chi connectivity index (χ4v) is 2.44. The molecule has 1 saturated heterocycles. The Bertz CT molecular complexity index is 465. The molecule has 0 aliphatic carbocycles. The molecule has 1 heterocycles. The van der Waals surface area contributed by atoms with Gasteiger partial charge in [-0.1, -0.05) is 0 Å². The number of hydrogen-bond donors (Lipinski definition) is 2. The van der Waals surface area contributed by atoms with Crippen LogP contribution < -0.4 is 10.5 Å². The molecule has 1 aliphatic heterocycles. The molecule has 5 heteroatoms. The van der Waals surface area contributed by atoms with Gasteiger partial charge in [0.15, 0.2) is 0 Å². The average molecular weight is 265 g/mol. The molecule has 1 aromatic rings. The van der Waals surface area contributed by atoms with Gasteiger partial charge in [0.05, 0.1) is 17.8 Å². The van der Waals surface area contributed by atoms with Crippen LogP contribution in [-0.2, 0) is 4.74 Å². The quantitative estimate of drug-likeness (QED) is 0.819. The molecular weight excluding hydrogens is 246 g/mol. The molecule has 1 aromatic carbocycles. The van der Waals surface area contributed by atoms with Crippen molar-refractivity contribution in [2.24, 2.45) is 0 Å². The summed E-state index contributed by atoms with van der Waals surface area (Å²) in [5.74, 6) is -0.425. The molecule has 3 N–H and O–H groups in total. The van der Waals surface area contributed by atoms with Crippen LogP contribution in [0.15, 0.2) is 18.2 Å². The molecule has 1 fully saturated rings. The molecule has 0 bridgehead atoms. The Kier molecular flexibility index (Phi) is 3.95. The van der Waals surface area contributed by atoms with Gasteiger partial charge in [0.25, 0.3) is 0 Å². The first-order chi connectivity index (χ1) is 8.95. The molecule has 0 aromatic heterocycles. The second kappa shape index (κ2) is 5.48. The lowest BCUT2D eigenvalue weighted by molar-refractivity contribution is -0.0721. The normalized spacial score (nSPS) is 26.9. The first-order valence-corrected chi connectivity index (χ1v) is 6.40. The Labute approximate surface area is 112 Å². The van der Waals surface area contributed by atoms with E-state index in [1.54, 1.807) is 12.1 Å². The van der Waals surface area contributed by atoms with Gasteiger partial charge in [-0.05, 0) is 26.0 Å². The van der Waals surface area contributed by atoms with Gasteiger partial charge in [0.1, 0.15) is 11.9 Å². The zero-order valence-corrected chi connectivity index (χ0v) is 11.1. The molecular formula is C14H19NO4. The van der Waals surface area contributed by atoms with Crippen molar-refractivity contribution in [2.75, 3.05) is 5.73 Å². The van der Waals surface area contributed by atoms with Crippen molar-refractivity contribution in [3.63, 3.8) is 0 Å². The monoisotopic (exact) mass is 265 g/mol. The standard InChI is InChI=1S/C14H19NO4/c1-8-5-11(6-9(2)18-8)19-10-3-4-12(14(16)17)13(15)7-10/h3-4,7-9,11H,5-6,15H2,1-2H3,(H,16,17). The summed E-state index contributed by atoms with van der Waals surface area (Å²) < 4.78 is 11.5. The van der Waals surface area contributed by atoms with Gasteiger partial charge in [-0.15, -0.1) is 0 Å². The number of carboxylic acid groups (broad SMARTS) is 1. The number of benzene rings is 1. The van der Waals surface area contributed by atoms with Crippen molar-refractivity contribution < 1.29 is 19.4 Å². The van der Waals surface area contributed by atoms with Gasteiger partial charge in [-0.25, -0.2) is 4.79 Å². The molecule has 0 spiro atoms. The zero-order valence-electron chi connectivity index (χ0n) is 11.1. The Balaban J connectivity index is 2.07. The van der Waals surface area contributed by atoms with Gasteiger partial charge < -0.3 is 20.3 Å². The number of nitrogen functional groups attached to an aromatic ring is 1. The maximum Gasteiger partial charge on any atom is 0.337 e. The SMILES string of the molecule is CC1CC(Oc2ccc(C(=O)O)c(N)c2)CC(C)O1. The first-order valence-electron chi connectivity index (χ1n) is 6.40. The molecule has 0 saturated carbocycles. The highest BCUT2D eigenvalue weighted by Crippen LogP contribution is 2.26. The second-order valence-corrected chi connectivity index (χ2v) is 5.02. The highest BCUT2D eigenvalue weighted by Gasteiger charge is 2.26. The van der Waals surface area contributed by atoms with Crippen molar-refractivity contribution in [1.29, 1.82) is 0 Å². The Morgan fingerprint density at radius 3 is 2.53 bits per heavy atom. The zero-order chi connectivity index (χ0) is 14.0. The minimum Gasteiger partial charge on any atom is -0.490 e. The van der Waals surface area contributed by atoms with Crippen LogP contribution in [0.4, 0.5) is 5.69 Å². The van der Waals surface area contributed by atoms with Gasteiger partial charge in [0.2, 0.25) is 0 Å². The van der Waals surface area contributed by atoms with Gasteiger partial charge >= 0.3 is 5.97 Å². The van der Waals surface area contributed by atoms with E-state index in [0.29, 0.717) is 5.75 Å². The number of anilines is 1. The molecule has 19 heavy (non-hydrogen) atoms. The highest BCUT2D eigenvalue weighted by molar-refractivity contribution is 5.93. The van der Waals surface area contributed by atoms with Crippen LogP contribution >= 0.6 is 0 Å². The highest BCUT2D eigenvalue weighted by atomic mass is 16.5. The number of ether oxygens (including phenoxy) is 2. The summed E-state index contributed by atoms with van der Waals surface area (Å²) in [5.41, 5.74) is 6.02. The third-order valence-electron chi connectivity index (χ3n) is 3.21. The molecule has 2 atom stereocenters. The maximum atomic E-state index is 10.9. The van der Waals surface area contributed by atoms with E-state index in [-0.39, 0.29) is 29.6 Å². The van der Waals surface area contributed by atoms with Crippen LogP contribution in [-0.4, -0.2) is 29.4 Å². The fourth-order valence-electron chi connectivity index (χ4n) is 2.44. The van der Waals surface area contributed by atoms with Crippen molar-refractivity contribution in [3.05, 3.63) is 23.8 Å². The van der Waals surface area contributed by atoms with Crippen molar-refractivity contribution in [2.45, 2.75) is 45.0 Å². The van der Waals surface area contributed by atoms with Crippen LogP contribution in [0.2, 0.25) is 0 Å². The lowest BCUT2D eigenvalue weighted by Crippen LogP contribution is -2.35. The predicted molar refractivity (Wildman–Crippen MR) is 71.5 cm³/mol. The van der Waals surface area contributed by atoms with Crippen LogP contribution in [0.25, 0.3) is 0 Å². The molecule has 0 amide bonds. The number of nitrogens with two attached hydrogens (primary N) is 1. The molecule has 104 valence electrons.